The Morgan fingerprint density at radius 2 is 2.05 bits per heavy atom. The molecule has 2 amide bonds. The highest BCUT2D eigenvalue weighted by Crippen LogP contribution is 2.24. The number of primary amides is 1. The summed E-state index contributed by atoms with van der Waals surface area (Å²) in [5, 5.41) is 5.81. The summed E-state index contributed by atoms with van der Waals surface area (Å²) < 4.78 is 5.40. The van der Waals surface area contributed by atoms with Crippen LogP contribution in [0.25, 0.3) is 11.0 Å². The summed E-state index contributed by atoms with van der Waals surface area (Å²) in [6.45, 7) is 0. The number of para-hydroxylation sites is 1. The number of hydrogen-bond acceptors (Lipinski definition) is 4. The molecule has 0 fully saturated rings. The number of benzene rings is 1. The van der Waals surface area contributed by atoms with Gasteiger partial charge in [-0.1, -0.05) is 18.2 Å². The Morgan fingerprint density at radius 3 is 2.86 bits per heavy atom. The maximum atomic E-state index is 12.1. The Kier molecular flexibility index (Phi) is 3.45. The van der Waals surface area contributed by atoms with Gasteiger partial charge in [0.1, 0.15) is 10.6 Å². The van der Waals surface area contributed by atoms with Gasteiger partial charge in [-0.15, -0.1) is 11.3 Å². The Balaban J connectivity index is 1.78. The average molecular weight is 300 g/mol. The van der Waals surface area contributed by atoms with Gasteiger partial charge in [0.05, 0.1) is 18.2 Å². The van der Waals surface area contributed by atoms with Crippen molar-refractivity contribution in [3.8, 4) is 0 Å². The van der Waals surface area contributed by atoms with Crippen molar-refractivity contribution in [1.29, 1.82) is 0 Å². The highest BCUT2D eigenvalue weighted by molar-refractivity contribution is 7.14. The number of nitrogens with one attached hydrogen (secondary N) is 1. The zero-order valence-electron chi connectivity index (χ0n) is 11.0. The SMILES string of the molecule is NC(=O)c1ccsc1NC(=O)Cc1coc2ccccc12. The van der Waals surface area contributed by atoms with E-state index in [4.69, 9.17) is 10.2 Å². The minimum atomic E-state index is -0.555. The number of carbonyl (C=O) groups excluding carboxylic acids is 2. The van der Waals surface area contributed by atoms with Crippen molar-refractivity contribution in [2.75, 3.05) is 5.32 Å². The Hall–Kier alpha value is -2.60. The van der Waals surface area contributed by atoms with Gasteiger partial charge in [-0.2, -0.15) is 0 Å². The monoisotopic (exact) mass is 300 g/mol. The Bertz CT molecular complexity index is 819. The molecule has 6 heteroatoms. The summed E-state index contributed by atoms with van der Waals surface area (Å²) >= 11 is 1.27. The van der Waals surface area contributed by atoms with Crippen molar-refractivity contribution in [3.05, 3.63) is 53.1 Å². The molecule has 0 bridgehead atoms. The predicted molar refractivity (Wildman–Crippen MR) is 81.4 cm³/mol. The van der Waals surface area contributed by atoms with E-state index in [1.807, 2.05) is 24.3 Å². The molecule has 0 radical (unpaired) electrons. The molecule has 0 aliphatic rings. The number of hydrogen-bond donors (Lipinski definition) is 2. The van der Waals surface area contributed by atoms with E-state index < -0.39 is 5.91 Å². The highest BCUT2D eigenvalue weighted by atomic mass is 32.1. The molecule has 2 aromatic heterocycles. The molecule has 3 aromatic rings. The summed E-state index contributed by atoms with van der Waals surface area (Å²) in [5.74, 6) is -0.771. The number of thiophene rings is 1. The highest BCUT2D eigenvalue weighted by Gasteiger charge is 2.14. The number of fused-ring (bicyclic) bond motifs is 1. The lowest BCUT2D eigenvalue weighted by atomic mass is 10.1. The fourth-order valence-electron chi connectivity index (χ4n) is 2.11. The fraction of sp³-hybridized carbons (Fsp3) is 0.0667. The number of furan rings is 1. The third-order valence-electron chi connectivity index (χ3n) is 3.10. The minimum absolute atomic E-state index is 0.174. The summed E-state index contributed by atoms with van der Waals surface area (Å²) in [7, 11) is 0. The van der Waals surface area contributed by atoms with Crippen LogP contribution in [0.4, 0.5) is 5.00 Å². The van der Waals surface area contributed by atoms with Crippen molar-refractivity contribution < 1.29 is 14.0 Å². The molecule has 3 N–H and O–H groups in total. The van der Waals surface area contributed by atoms with Gasteiger partial charge >= 0.3 is 0 Å². The molecule has 21 heavy (non-hydrogen) atoms. The Labute approximate surface area is 124 Å². The van der Waals surface area contributed by atoms with Crippen LogP contribution in [0.5, 0.6) is 0 Å². The maximum Gasteiger partial charge on any atom is 0.251 e. The van der Waals surface area contributed by atoms with Gasteiger partial charge < -0.3 is 15.5 Å². The van der Waals surface area contributed by atoms with E-state index >= 15 is 0 Å². The zero-order chi connectivity index (χ0) is 14.8. The standard InChI is InChI=1S/C15H12N2O3S/c16-14(19)11-5-6-21-15(11)17-13(18)7-9-8-20-12-4-2-1-3-10(9)12/h1-6,8H,7H2,(H2,16,19)(H,17,18). The summed E-state index contributed by atoms with van der Waals surface area (Å²) in [6.07, 6.45) is 1.75. The first-order chi connectivity index (χ1) is 10.1. The third kappa shape index (κ3) is 2.66. The molecule has 0 aliphatic heterocycles. The molecule has 106 valence electrons. The van der Waals surface area contributed by atoms with Gasteiger partial charge in [0.25, 0.3) is 5.91 Å². The molecule has 0 spiro atoms. The van der Waals surface area contributed by atoms with Crippen LogP contribution in [0.3, 0.4) is 0 Å². The van der Waals surface area contributed by atoms with E-state index in [0.717, 1.165) is 16.5 Å². The maximum absolute atomic E-state index is 12.1. The van der Waals surface area contributed by atoms with Crippen molar-refractivity contribution in [1.82, 2.24) is 0 Å². The lowest BCUT2D eigenvalue weighted by Gasteiger charge is -2.03. The van der Waals surface area contributed by atoms with E-state index in [1.54, 1.807) is 17.7 Å². The number of nitrogens with two attached hydrogens (primary N) is 1. The van der Waals surface area contributed by atoms with E-state index in [2.05, 4.69) is 5.32 Å². The van der Waals surface area contributed by atoms with Crippen LogP contribution in [0.1, 0.15) is 15.9 Å². The lowest BCUT2D eigenvalue weighted by molar-refractivity contribution is -0.115. The Morgan fingerprint density at radius 1 is 1.24 bits per heavy atom. The first-order valence-electron chi connectivity index (χ1n) is 6.27. The van der Waals surface area contributed by atoms with Crippen LogP contribution in [0.2, 0.25) is 0 Å². The van der Waals surface area contributed by atoms with Crippen molar-refractivity contribution >= 4 is 39.1 Å². The molecule has 0 unspecified atom stereocenters. The van der Waals surface area contributed by atoms with Crippen LogP contribution < -0.4 is 11.1 Å². The second kappa shape index (κ2) is 5.41. The lowest BCUT2D eigenvalue weighted by Crippen LogP contribution is -2.17. The van der Waals surface area contributed by atoms with Gasteiger partial charge in [0, 0.05) is 10.9 Å². The molecule has 1 aromatic carbocycles. The molecule has 0 saturated carbocycles. The summed E-state index contributed by atoms with van der Waals surface area (Å²) in [6, 6.07) is 9.11. The molecule has 0 saturated heterocycles. The molecule has 2 heterocycles. The molecular formula is C15H12N2O3S. The molecular weight excluding hydrogens is 288 g/mol. The van der Waals surface area contributed by atoms with E-state index in [9.17, 15) is 9.59 Å². The van der Waals surface area contributed by atoms with E-state index in [-0.39, 0.29) is 12.3 Å². The quantitative estimate of drug-likeness (QED) is 0.777. The second-order valence-electron chi connectivity index (χ2n) is 4.51. The number of rotatable bonds is 4. The van der Waals surface area contributed by atoms with Crippen molar-refractivity contribution in [2.45, 2.75) is 6.42 Å². The fourth-order valence-corrected chi connectivity index (χ4v) is 2.92. The van der Waals surface area contributed by atoms with Gasteiger partial charge in [-0.05, 0) is 17.5 Å². The third-order valence-corrected chi connectivity index (χ3v) is 3.93. The van der Waals surface area contributed by atoms with Crippen LogP contribution in [-0.4, -0.2) is 11.8 Å². The van der Waals surface area contributed by atoms with Crippen molar-refractivity contribution in [3.63, 3.8) is 0 Å². The molecule has 5 nitrogen and oxygen atoms in total. The molecule has 0 aliphatic carbocycles. The van der Waals surface area contributed by atoms with Crippen LogP contribution >= 0.6 is 11.3 Å². The number of anilines is 1. The topological polar surface area (TPSA) is 85.3 Å². The van der Waals surface area contributed by atoms with Gasteiger partial charge in [0.2, 0.25) is 5.91 Å². The van der Waals surface area contributed by atoms with Crippen molar-refractivity contribution in [2.24, 2.45) is 5.73 Å². The van der Waals surface area contributed by atoms with Gasteiger partial charge in [-0.25, -0.2) is 0 Å². The molecule has 0 atom stereocenters. The first-order valence-corrected chi connectivity index (χ1v) is 7.15. The van der Waals surface area contributed by atoms with Crippen LogP contribution in [0.15, 0.2) is 46.4 Å². The van der Waals surface area contributed by atoms with E-state index in [0.29, 0.717) is 10.6 Å². The molecule has 3 rings (SSSR count). The summed E-state index contributed by atoms with van der Waals surface area (Å²) in [5.41, 5.74) is 7.12. The van der Waals surface area contributed by atoms with Crippen LogP contribution in [0, 0.1) is 0 Å². The largest absolute Gasteiger partial charge is 0.464 e. The average Bonchev–Trinajstić information content (AvgIpc) is 3.06. The number of amides is 2. The normalized spacial score (nSPS) is 10.7. The van der Waals surface area contributed by atoms with E-state index in [1.165, 1.54) is 11.3 Å². The minimum Gasteiger partial charge on any atom is -0.464 e. The predicted octanol–water partition coefficient (Wildman–Crippen LogP) is 2.77. The second-order valence-corrected chi connectivity index (χ2v) is 5.43. The van der Waals surface area contributed by atoms with Crippen LogP contribution in [-0.2, 0) is 11.2 Å². The number of carbonyl (C=O) groups is 2. The van der Waals surface area contributed by atoms with Gasteiger partial charge in [-0.3, -0.25) is 9.59 Å². The van der Waals surface area contributed by atoms with Gasteiger partial charge in [0.15, 0.2) is 0 Å². The summed E-state index contributed by atoms with van der Waals surface area (Å²) in [4.78, 5) is 23.3. The first kappa shape index (κ1) is 13.4. The smallest absolute Gasteiger partial charge is 0.251 e. The zero-order valence-corrected chi connectivity index (χ0v) is 11.8.